The largest absolute Gasteiger partial charge is 0.545 e. The summed E-state index contributed by atoms with van der Waals surface area (Å²) in [6.45, 7) is 4.40. The fourth-order valence-corrected chi connectivity index (χ4v) is 8.12. The number of carboxylic acids is 1. The van der Waals surface area contributed by atoms with E-state index < -0.39 is 30.3 Å². The maximum Gasteiger partial charge on any atom is 0.306 e. The second-order valence-electron chi connectivity index (χ2n) is 22.6. The number of ether oxygens (including phenoxy) is 4. The Bertz CT molecular complexity index is 2260. The van der Waals surface area contributed by atoms with E-state index in [1.165, 1.54) is 12.8 Å². The predicted octanol–water partition coefficient (Wildman–Crippen LogP) is 20.0. The fraction of sp³-hybridized carbons (Fsp3) is 0.512. The molecule has 0 aliphatic carbocycles. The van der Waals surface area contributed by atoms with Crippen LogP contribution in [0.15, 0.2) is 219 Å². The van der Waals surface area contributed by atoms with Crippen LogP contribution in [0, 0.1) is 0 Å². The van der Waals surface area contributed by atoms with Crippen LogP contribution in [0.1, 0.15) is 206 Å². The molecular weight excluding hydrogens is 1100 g/mol. The number of quaternary nitrogens is 1. The number of esters is 2. The van der Waals surface area contributed by atoms with E-state index in [0.29, 0.717) is 23.9 Å². The number of likely N-dealkylation sites (N-methyl/N-ethyl adjacent to an activating group) is 1. The van der Waals surface area contributed by atoms with Gasteiger partial charge in [-0.25, -0.2) is 0 Å². The van der Waals surface area contributed by atoms with Crippen molar-refractivity contribution in [1.29, 1.82) is 0 Å². The highest BCUT2D eigenvalue weighted by atomic mass is 16.7. The van der Waals surface area contributed by atoms with Crippen molar-refractivity contribution in [3.05, 3.63) is 219 Å². The third-order valence-corrected chi connectivity index (χ3v) is 13.2. The van der Waals surface area contributed by atoms with Crippen LogP contribution in [0.3, 0.4) is 0 Å². The molecule has 0 N–H and O–H groups in total. The zero-order chi connectivity index (χ0) is 64.7. The summed E-state index contributed by atoms with van der Waals surface area (Å²) in [6, 6.07) is 0. The maximum absolute atomic E-state index is 12.9. The van der Waals surface area contributed by atoms with Gasteiger partial charge < -0.3 is 33.3 Å². The second kappa shape index (κ2) is 67.5. The Balaban J connectivity index is 4.36. The van der Waals surface area contributed by atoms with Gasteiger partial charge in [0, 0.05) is 12.8 Å². The lowest BCUT2D eigenvalue weighted by Gasteiger charge is -2.26. The third kappa shape index (κ3) is 69.0. The molecule has 89 heavy (non-hydrogen) atoms. The quantitative estimate of drug-likeness (QED) is 0.0195. The molecule has 0 aliphatic rings. The number of carbonyl (C=O) groups excluding carboxylic acids is 3. The lowest BCUT2D eigenvalue weighted by molar-refractivity contribution is -0.870. The number of aliphatic carboxylic acids is 1. The molecule has 9 nitrogen and oxygen atoms in total. The summed E-state index contributed by atoms with van der Waals surface area (Å²) in [5.41, 5.74) is 0. The normalized spacial score (nSPS) is 14.1. The smallest absolute Gasteiger partial charge is 0.306 e. The number of allylic oxidation sites excluding steroid dienone is 36. The zero-order valence-electron chi connectivity index (χ0n) is 56.2. The average Bonchev–Trinajstić information content (AvgIpc) is 3.64. The molecule has 0 rings (SSSR count). The first kappa shape index (κ1) is 82.6. The molecule has 0 aromatic rings. The van der Waals surface area contributed by atoms with E-state index in [-0.39, 0.29) is 32.7 Å². The van der Waals surface area contributed by atoms with Crippen LogP contribution >= 0.6 is 0 Å². The lowest BCUT2D eigenvalue weighted by Crippen LogP contribution is -2.44. The minimum atomic E-state index is -1.65. The van der Waals surface area contributed by atoms with Crippen LogP contribution in [0.5, 0.6) is 0 Å². The molecule has 0 aromatic heterocycles. The molecule has 0 fully saturated rings. The Morgan fingerprint density at radius 3 is 0.933 bits per heavy atom. The first-order valence-electron chi connectivity index (χ1n) is 33.9. The summed E-state index contributed by atoms with van der Waals surface area (Å²) in [7, 11) is 5.89. The van der Waals surface area contributed by atoms with E-state index in [9.17, 15) is 19.5 Å². The summed E-state index contributed by atoms with van der Waals surface area (Å²) >= 11 is 0. The van der Waals surface area contributed by atoms with Gasteiger partial charge in [0.2, 0.25) is 0 Å². The van der Waals surface area contributed by atoms with Gasteiger partial charge >= 0.3 is 11.9 Å². The molecule has 2 atom stereocenters. The van der Waals surface area contributed by atoms with E-state index in [0.717, 1.165) is 154 Å². The summed E-state index contributed by atoms with van der Waals surface area (Å²) < 4.78 is 22.7. The molecule has 2 unspecified atom stereocenters. The van der Waals surface area contributed by atoms with Crippen LogP contribution in [-0.4, -0.2) is 82.3 Å². The summed E-state index contributed by atoms with van der Waals surface area (Å²) in [4.78, 5) is 37.4. The van der Waals surface area contributed by atoms with Gasteiger partial charge in [-0.15, -0.1) is 0 Å². The zero-order valence-corrected chi connectivity index (χ0v) is 56.2. The number of carboxylic acid groups (broad SMARTS) is 1. The number of nitrogens with zero attached hydrogens (tertiary/aromatic N) is 1. The predicted molar refractivity (Wildman–Crippen MR) is 379 cm³/mol. The van der Waals surface area contributed by atoms with Crippen molar-refractivity contribution in [2.45, 2.75) is 219 Å². The van der Waals surface area contributed by atoms with Crippen LogP contribution in [-0.2, 0) is 33.3 Å². The maximum atomic E-state index is 12.9. The Labute approximate surface area is 543 Å². The molecule has 0 saturated heterocycles. The first-order chi connectivity index (χ1) is 43.6. The van der Waals surface area contributed by atoms with Crippen molar-refractivity contribution < 1.29 is 42.9 Å². The number of carbonyl (C=O) groups is 3. The Morgan fingerprint density at radius 1 is 0.337 bits per heavy atom. The van der Waals surface area contributed by atoms with E-state index in [1.807, 2.05) is 21.1 Å². The SMILES string of the molecule is CC/C=C\C/C=C\C/C=C\C/C=C\C/C=C\C/C=C\C/C=C\C/C=C\C/C=C\CCCCCCCCCC(=O)OC(COC(=O)CCC/C=C\C/C=C\C/C=C\C/C=C\C/C=C\C/C=C\C/C=C\C/C=C\C/C=C\CC)COC(OCC[N+](C)(C)C)C(=O)[O-]. The highest BCUT2D eigenvalue weighted by Crippen LogP contribution is 2.13. The standard InChI is InChI=1S/C80H121NO8/c1-6-8-10-12-14-16-18-20-22-24-26-28-30-32-34-36-37-38-39-40-41-43-45-47-49-51-53-55-57-59-61-63-65-67-69-71-78(83)89-76(75-88-80(79(84)85)86-73-72-81(3,4)5)74-87-77(82)70-68-66-64-62-60-58-56-54-52-50-48-46-44-42-35-33-31-29-27-25-23-21-19-17-15-13-11-9-7-2/h8-11,14-17,20-23,26-29,32-35,37-38,40-41,44-47,50-53,56,58,62,64,76,80H,6-7,12-13,18-19,24-25,30-31,36,39,42-43,48-49,54-55,57,59-61,63,65-75H2,1-5H3/b10-8-,11-9-,16-14-,17-15-,22-20-,23-21-,28-26-,29-27-,34-32-,35-33-,38-37-,41-40-,46-44-,47-45-,52-50-,53-51-,58-56-,64-62-. The van der Waals surface area contributed by atoms with E-state index in [4.69, 9.17) is 18.9 Å². The van der Waals surface area contributed by atoms with Gasteiger partial charge in [0.1, 0.15) is 13.2 Å². The van der Waals surface area contributed by atoms with Crippen LogP contribution in [0.4, 0.5) is 0 Å². The van der Waals surface area contributed by atoms with Crippen molar-refractivity contribution in [1.82, 2.24) is 0 Å². The molecular formula is C80H121NO8. The number of hydrogen-bond acceptors (Lipinski definition) is 8. The third-order valence-electron chi connectivity index (χ3n) is 13.2. The van der Waals surface area contributed by atoms with Crippen LogP contribution in [0.25, 0.3) is 0 Å². The first-order valence-corrected chi connectivity index (χ1v) is 33.9. The number of rotatable bonds is 59. The van der Waals surface area contributed by atoms with Crippen molar-refractivity contribution in [3.63, 3.8) is 0 Å². The van der Waals surface area contributed by atoms with E-state index >= 15 is 0 Å². The molecule has 0 spiro atoms. The van der Waals surface area contributed by atoms with Crippen molar-refractivity contribution >= 4 is 17.9 Å². The van der Waals surface area contributed by atoms with Gasteiger partial charge in [-0.1, -0.05) is 265 Å². The summed E-state index contributed by atoms with van der Waals surface area (Å²) in [5, 5.41) is 11.8. The minimum absolute atomic E-state index is 0.123. The summed E-state index contributed by atoms with van der Waals surface area (Å²) in [6.07, 6.45) is 104. The van der Waals surface area contributed by atoms with Gasteiger partial charge in [-0.2, -0.15) is 0 Å². The Kier molecular flexibility index (Phi) is 62.7. The number of hydrogen-bond donors (Lipinski definition) is 0. The van der Waals surface area contributed by atoms with Gasteiger partial charge in [0.25, 0.3) is 0 Å². The fourth-order valence-electron chi connectivity index (χ4n) is 8.12. The van der Waals surface area contributed by atoms with Crippen molar-refractivity contribution in [2.24, 2.45) is 0 Å². The minimum Gasteiger partial charge on any atom is -0.545 e. The van der Waals surface area contributed by atoms with Gasteiger partial charge in [0.05, 0.1) is 40.3 Å². The molecule has 0 saturated carbocycles. The Morgan fingerprint density at radius 2 is 0.618 bits per heavy atom. The molecule has 9 heteroatoms. The molecule has 0 aromatic carbocycles. The van der Waals surface area contributed by atoms with E-state index in [1.54, 1.807) is 0 Å². The lowest BCUT2D eigenvalue weighted by atomic mass is 10.1. The summed E-state index contributed by atoms with van der Waals surface area (Å²) in [5.74, 6) is -2.41. The van der Waals surface area contributed by atoms with Crippen LogP contribution in [0.2, 0.25) is 0 Å². The molecule has 0 bridgehead atoms. The molecule has 0 radical (unpaired) electrons. The molecule has 0 heterocycles. The monoisotopic (exact) mass is 1220 g/mol. The van der Waals surface area contributed by atoms with Crippen molar-refractivity contribution in [3.8, 4) is 0 Å². The Hall–Kier alpha value is -6.39. The molecule has 494 valence electrons. The average molecular weight is 1220 g/mol. The highest BCUT2D eigenvalue weighted by Gasteiger charge is 2.22. The van der Waals surface area contributed by atoms with Crippen molar-refractivity contribution in [2.75, 3.05) is 47.5 Å². The van der Waals surface area contributed by atoms with Crippen LogP contribution < -0.4 is 5.11 Å². The van der Waals surface area contributed by atoms with Gasteiger partial charge in [-0.3, -0.25) is 9.59 Å². The van der Waals surface area contributed by atoms with Gasteiger partial charge in [0.15, 0.2) is 12.4 Å². The molecule has 0 amide bonds. The van der Waals surface area contributed by atoms with E-state index in [2.05, 4.69) is 233 Å². The topological polar surface area (TPSA) is 111 Å². The number of unbranched alkanes of at least 4 members (excludes halogenated alkanes) is 8. The highest BCUT2D eigenvalue weighted by molar-refractivity contribution is 5.70. The second-order valence-corrected chi connectivity index (χ2v) is 22.6. The molecule has 0 aliphatic heterocycles. The van der Waals surface area contributed by atoms with Gasteiger partial charge in [-0.05, 0) is 148 Å².